The zero-order chi connectivity index (χ0) is 98.0. The minimum atomic E-state index is 1.05. The monoisotopic (exact) mass is 1910 g/mol. The molecule has 12 heterocycles. The first-order chi connectivity index (χ1) is 74.6. The van der Waals surface area contributed by atoms with Crippen LogP contribution in [0.4, 0.5) is 0 Å². The van der Waals surface area contributed by atoms with E-state index in [-0.39, 0.29) is 0 Å². The van der Waals surface area contributed by atoms with Gasteiger partial charge >= 0.3 is 0 Å². The molecule has 0 aliphatic carbocycles. The number of rotatable bonds is 13. The Hall–Kier alpha value is -20.3. The van der Waals surface area contributed by atoms with Crippen molar-refractivity contribution < 1.29 is 0 Å². The highest BCUT2D eigenvalue weighted by Crippen LogP contribution is 2.52. The molecular formula is C138H88N12. The molecule has 700 valence electrons. The van der Waals surface area contributed by atoms with E-state index in [0.717, 1.165) is 141 Å². The van der Waals surface area contributed by atoms with Gasteiger partial charge in [0.25, 0.3) is 0 Å². The van der Waals surface area contributed by atoms with Crippen molar-refractivity contribution in [2.75, 3.05) is 0 Å². The van der Waals surface area contributed by atoms with Crippen LogP contribution in [0.25, 0.3) is 276 Å². The summed E-state index contributed by atoms with van der Waals surface area (Å²) in [6.45, 7) is 0. The topological polar surface area (TPSA) is 59.2 Å². The predicted molar refractivity (Wildman–Crippen MR) is 625 cm³/mol. The Labute approximate surface area is 859 Å². The van der Waals surface area contributed by atoms with Crippen molar-refractivity contribution in [3.8, 4) is 79.4 Å². The molecule has 0 saturated heterocycles. The van der Waals surface area contributed by atoms with E-state index in [2.05, 4.69) is 589 Å². The highest BCUT2D eigenvalue weighted by atomic mass is 15.2. The maximum absolute atomic E-state index is 2.52. The van der Waals surface area contributed by atoms with E-state index >= 15 is 0 Å². The van der Waals surface area contributed by atoms with E-state index in [0.29, 0.717) is 0 Å². The Bertz CT molecular complexity index is 10600. The van der Waals surface area contributed by atoms with Gasteiger partial charge in [-0.15, -0.1) is 0 Å². The molecule has 12 heteroatoms. The quantitative estimate of drug-likeness (QED) is 0.110. The maximum atomic E-state index is 2.52. The van der Waals surface area contributed by atoms with E-state index in [4.69, 9.17) is 0 Å². The van der Waals surface area contributed by atoms with E-state index in [1.165, 1.54) is 136 Å². The summed E-state index contributed by atoms with van der Waals surface area (Å²) in [6.07, 6.45) is 0. The third kappa shape index (κ3) is 12.0. The third-order valence-corrected chi connectivity index (χ3v) is 31.5. The molecule has 150 heavy (non-hydrogen) atoms. The van der Waals surface area contributed by atoms with Gasteiger partial charge in [-0.05, 0) is 205 Å². The van der Waals surface area contributed by atoms with Crippen molar-refractivity contribution in [1.29, 1.82) is 0 Å². The fraction of sp³-hybridized carbons (Fsp3) is 0. The van der Waals surface area contributed by atoms with Crippen molar-refractivity contribution in [3.05, 3.63) is 534 Å². The van der Waals surface area contributed by atoms with Crippen LogP contribution in [0.1, 0.15) is 0 Å². The summed E-state index contributed by atoms with van der Waals surface area (Å²) in [5.41, 5.74) is 36.0. The molecule has 0 bridgehead atoms. The number of benzene rings is 21. The Balaban J connectivity index is 0.000000133. The predicted octanol–water partition coefficient (Wildman–Crippen LogP) is 35.3. The van der Waals surface area contributed by atoms with E-state index in [1.807, 2.05) is 0 Å². The van der Waals surface area contributed by atoms with E-state index in [1.54, 1.807) is 0 Å². The standard InChI is InChI=1S/C72H46N6.C66H42N6/c1-4-22-49(23-5-1)73-61-34-16-10-28-55(61)67-58-31-13-19-37-64(58)76(70(67)73)52-42-40-47(41-43-52)48-44-53(77-65-38-20-14-32-59(65)68-56-29-11-17-35-62(56)74(71(68)77)50-24-6-2-7-25-50)46-54(45-48)78-66-39-21-15-33-60(66)69-57-30-12-18-36-63(57)75(72(69)78)51-26-8-3-9-27-51;1-4-22-43(23-5-1)67-55-34-16-10-28-49(55)61-52-31-13-19-37-58(52)70(64(61)67)46-40-47(71-59-38-20-14-32-53(59)62-50-29-11-17-35-56(50)68(65(62)71)44-24-6-2-7-25-44)42-48(41-46)72-60-39-21-15-33-54(60)63-51-30-12-18-36-57(51)69(66(63)72)45-26-8-3-9-27-45/h1-46H;1-42H. The smallest absolute Gasteiger partial charge is 0.131 e. The second-order valence-electron chi connectivity index (χ2n) is 39.4. The molecule has 0 fully saturated rings. The van der Waals surface area contributed by atoms with Gasteiger partial charge < -0.3 is 0 Å². The Morgan fingerprint density at radius 3 is 0.360 bits per heavy atom. The molecule has 0 spiro atoms. The fourth-order valence-corrected chi connectivity index (χ4v) is 25.6. The molecule has 0 atom stereocenters. The first-order valence-corrected chi connectivity index (χ1v) is 51.5. The maximum Gasteiger partial charge on any atom is 0.131 e. The molecule has 0 unspecified atom stereocenters. The average Bonchev–Trinajstić information content (AvgIpc) is 1.48. The van der Waals surface area contributed by atoms with Gasteiger partial charge in [0.1, 0.15) is 33.9 Å². The van der Waals surface area contributed by atoms with Crippen LogP contribution < -0.4 is 0 Å². The Kier molecular flexibility index (Phi) is 18.1. The summed E-state index contributed by atoms with van der Waals surface area (Å²) in [6, 6.07) is 196. The fourth-order valence-electron chi connectivity index (χ4n) is 25.6. The molecule has 0 saturated carbocycles. The van der Waals surface area contributed by atoms with E-state index in [9.17, 15) is 0 Å². The van der Waals surface area contributed by atoms with Crippen LogP contribution in [0.15, 0.2) is 534 Å². The van der Waals surface area contributed by atoms with Gasteiger partial charge in [-0.1, -0.05) is 340 Å². The van der Waals surface area contributed by atoms with Gasteiger partial charge in [-0.3, -0.25) is 54.8 Å². The minimum Gasteiger partial charge on any atom is -0.295 e. The van der Waals surface area contributed by atoms with Crippen LogP contribution in [-0.4, -0.2) is 54.8 Å². The molecule has 0 aliphatic rings. The highest BCUT2D eigenvalue weighted by Gasteiger charge is 2.33. The summed E-state index contributed by atoms with van der Waals surface area (Å²) in [5, 5.41) is 22.0. The number of nitrogens with zero attached hydrogens (tertiary/aromatic N) is 12. The molecule has 0 N–H and O–H groups in total. The van der Waals surface area contributed by atoms with Gasteiger partial charge in [0.15, 0.2) is 0 Å². The average molecular weight is 1910 g/mol. The first kappa shape index (κ1) is 83.2. The third-order valence-electron chi connectivity index (χ3n) is 31.5. The number of hydrogen-bond acceptors (Lipinski definition) is 0. The second kappa shape index (κ2) is 32.6. The molecule has 0 amide bonds. The van der Waals surface area contributed by atoms with Crippen LogP contribution in [0.3, 0.4) is 0 Å². The largest absolute Gasteiger partial charge is 0.295 e. The lowest BCUT2D eigenvalue weighted by Crippen LogP contribution is -2.07. The van der Waals surface area contributed by atoms with Crippen LogP contribution >= 0.6 is 0 Å². The molecule has 33 aromatic rings. The molecule has 33 rings (SSSR count). The van der Waals surface area contributed by atoms with Crippen molar-refractivity contribution in [3.63, 3.8) is 0 Å². The second-order valence-corrected chi connectivity index (χ2v) is 39.4. The van der Waals surface area contributed by atoms with Crippen molar-refractivity contribution in [2.45, 2.75) is 0 Å². The van der Waals surface area contributed by atoms with Crippen molar-refractivity contribution in [1.82, 2.24) is 54.8 Å². The van der Waals surface area contributed by atoms with Crippen LogP contribution in [0.2, 0.25) is 0 Å². The zero-order valence-corrected chi connectivity index (χ0v) is 81.2. The SMILES string of the molecule is c1ccc(-n2c3ccccc3c3c4ccccc4n(-c4cc(-n5c6ccccc6c6c7ccccc7n(-c7ccccc7)c65)cc(-n5c6ccccc6c6c7ccccc7n(-c7ccccc7)c65)c4)c32)cc1.c1ccc(-n2c3ccccc3c3c4ccccc4n(-c4ccc(-c5cc(-n6c7ccccc7c7c8ccccc8n(-c8ccccc8)c76)cc(-n6c7ccccc7c7c8ccccc8n(-c8ccccc8)c76)c5)cc4)c32)cc1. The molecular weight excluding hydrogens is 1830 g/mol. The lowest BCUT2D eigenvalue weighted by atomic mass is 10.0. The van der Waals surface area contributed by atoms with Gasteiger partial charge in [-0.25, -0.2) is 0 Å². The molecule has 12 aromatic heterocycles. The van der Waals surface area contributed by atoms with Gasteiger partial charge in [0, 0.05) is 137 Å². The van der Waals surface area contributed by atoms with Crippen molar-refractivity contribution >= 4 is 197 Å². The van der Waals surface area contributed by atoms with E-state index < -0.39 is 0 Å². The lowest BCUT2D eigenvalue weighted by molar-refractivity contribution is 1.02. The lowest BCUT2D eigenvalue weighted by Gasteiger charge is -2.19. The van der Waals surface area contributed by atoms with Crippen LogP contribution in [-0.2, 0) is 0 Å². The van der Waals surface area contributed by atoms with Gasteiger partial charge in [-0.2, -0.15) is 0 Å². The Morgan fingerprint density at radius 1 is 0.0867 bits per heavy atom. The van der Waals surface area contributed by atoms with Crippen LogP contribution in [0, 0.1) is 0 Å². The van der Waals surface area contributed by atoms with Crippen LogP contribution in [0.5, 0.6) is 0 Å². The van der Waals surface area contributed by atoms with Gasteiger partial charge in [0.05, 0.1) is 94.6 Å². The summed E-state index contributed by atoms with van der Waals surface area (Å²) >= 11 is 0. The summed E-state index contributed by atoms with van der Waals surface area (Å²) in [5.74, 6) is 0. The Morgan fingerprint density at radius 2 is 0.207 bits per heavy atom. The number of hydrogen-bond donors (Lipinski definition) is 0. The van der Waals surface area contributed by atoms with Crippen molar-refractivity contribution in [2.24, 2.45) is 0 Å². The van der Waals surface area contributed by atoms with Gasteiger partial charge in [0.2, 0.25) is 0 Å². The summed E-state index contributed by atoms with van der Waals surface area (Å²) < 4.78 is 29.8. The zero-order valence-electron chi connectivity index (χ0n) is 81.2. The number of para-hydroxylation sites is 18. The number of aromatic nitrogens is 12. The molecule has 0 aliphatic heterocycles. The molecule has 12 nitrogen and oxygen atoms in total. The minimum absolute atomic E-state index is 1.05. The first-order valence-electron chi connectivity index (χ1n) is 51.5. The number of fused-ring (bicyclic) bond motifs is 30. The summed E-state index contributed by atoms with van der Waals surface area (Å²) in [7, 11) is 0. The molecule has 0 radical (unpaired) electrons. The summed E-state index contributed by atoms with van der Waals surface area (Å²) in [4.78, 5) is 0. The highest BCUT2D eigenvalue weighted by molar-refractivity contribution is 6.29. The normalized spacial score (nSPS) is 12.1. The molecule has 21 aromatic carbocycles.